The van der Waals surface area contributed by atoms with Crippen LogP contribution in [0.3, 0.4) is 0 Å². The van der Waals surface area contributed by atoms with Gasteiger partial charge in [0.25, 0.3) is 0 Å². The van der Waals surface area contributed by atoms with Gasteiger partial charge in [0.1, 0.15) is 10.8 Å². The Morgan fingerprint density at radius 1 is 1.18 bits per heavy atom. The molecule has 1 aliphatic heterocycles. The minimum Gasteiger partial charge on any atom is -0.354 e. The number of hydrogen-bond donors (Lipinski definition) is 2. The molecule has 2 aromatic rings. The van der Waals surface area contributed by atoms with Crippen molar-refractivity contribution in [1.29, 1.82) is 0 Å². The van der Waals surface area contributed by atoms with E-state index in [0.29, 0.717) is 19.0 Å². The maximum atomic E-state index is 4.65. The highest BCUT2D eigenvalue weighted by Gasteiger charge is 2.15. The smallest absolute Gasteiger partial charge is 0.191 e. The quantitative estimate of drug-likeness (QED) is 0.572. The summed E-state index contributed by atoms with van der Waals surface area (Å²) in [6, 6.07) is 4.25. The van der Waals surface area contributed by atoms with Crippen LogP contribution in [-0.4, -0.2) is 61.1 Å². The van der Waals surface area contributed by atoms with Crippen molar-refractivity contribution >= 4 is 23.1 Å². The summed E-state index contributed by atoms with van der Waals surface area (Å²) in [7, 11) is 3.95. The summed E-state index contributed by atoms with van der Waals surface area (Å²) in [5.41, 5.74) is 2.29. The molecular formula is C20H31N7S. The maximum absolute atomic E-state index is 4.65. The van der Waals surface area contributed by atoms with Crippen LogP contribution >= 0.6 is 11.3 Å². The van der Waals surface area contributed by atoms with Gasteiger partial charge in [-0.05, 0) is 24.6 Å². The molecule has 28 heavy (non-hydrogen) atoms. The average molecular weight is 402 g/mol. The Kier molecular flexibility index (Phi) is 7.22. The van der Waals surface area contributed by atoms with E-state index in [9.17, 15) is 0 Å². The molecule has 0 aromatic carbocycles. The molecule has 0 atom stereocenters. The predicted octanol–water partition coefficient (Wildman–Crippen LogP) is 2.28. The lowest BCUT2D eigenvalue weighted by Crippen LogP contribution is -2.44. The van der Waals surface area contributed by atoms with E-state index >= 15 is 0 Å². The number of guanidine groups is 1. The van der Waals surface area contributed by atoms with E-state index in [0.717, 1.165) is 54.2 Å². The minimum absolute atomic E-state index is 0.462. The monoisotopic (exact) mass is 401 g/mol. The third-order valence-electron chi connectivity index (χ3n) is 4.89. The van der Waals surface area contributed by atoms with Crippen LogP contribution in [-0.2, 0) is 13.1 Å². The molecule has 1 fully saturated rings. The van der Waals surface area contributed by atoms with Crippen LogP contribution in [0.2, 0.25) is 0 Å². The fourth-order valence-electron chi connectivity index (χ4n) is 2.98. The second-order valence-corrected chi connectivity index (χ2v) is 8.36. The Morgan fingerprint density at radius 3 is 2.54 bits per heavy atom. The first-order chi connectivity index (χ1) is 13.5. The minimum atomic E-state index is 0.462. The molecule has 0 radical (unpaired) electrons. The first kappa shape index (κ1) is 20.5. The lowest BCUT2D eigenvalue weighted by Gasteiger charge is -2.33. The van der Waals surface area contributed by atoms with Crippen molar-refractivity contribution in [2.75, 3.05) is 45.2 Å². The Labute approximate surface area is 171 Å². The summed E-state index contributed by atoms with van der Waals surface area (Å²) in [4.78, 5) is 18.3. The molecule has 3 rings (SSSR count). The lowest BCUT2D eigenvalue weighted by atomic mass is 10.2. The number of nitrogens with zero attached hydrogens (tertiary/aromatic N) is 5. The van der Waals surface area contributed by atoms with Gasteiger partial charge in [-0.1, -0.05) is 19.9 Å². The number of thiazole rings is 1. The molecular weight excluding hydrogens is 370 g/mol. The zero-order chi connectivity index (χ0) is 19.9. The number of nitrogens with one attached hydrogen (secondary N) is 2. The fraction of sp³-hybridized carbons (Fsp3) is 0.550. The molecule has 0 aliphatic carbocycles. The summed E-state index contributed by atoms with van der Waals surface area (Å²) in [6.45, 7) is 9.93. The van der Waals surface area contributed by atoms with Gasteiger partial charge >= 0.3 is 0 Å². The summed E-state index contributed by atoms with van der Waals surface area (Å²) in [5, 5.41) is 9.88. The van der Waals surface area contributed by atoms with E-state index in [-0.39, 0.29) is 0 Å². The number of rotatable bonds is 6. The second kappa shape index (κ2) is 9.84. The Morgan fingerprint density at radius 2 is 1.93 bits per heavy atom. The van der Waals surface area contributed by atoms with Gasteiger partial charge in [0.15, 0.2) is 5.96 Å². The molecule has 0 unspecified atom stereocenters. The Bertz CT molecular complexity index is 761. The molecule has 1 saturated heterocycles. The highest BCUT2D eigenvalue weighted by atomic mass is 32.1. The number of aromatic nitrogens is 2. The van der Waals surface area contributed by atoms with Gasteiger partial charge in [-0.2, -0.15) is 0 Å². The van der Waals surface area contributed by atoms with Crippen LogP contribution in [0.5, 0.6) is 0 Å². The number of hydrogen-bond acceptors (Lipinski definition) is 6. The number of likely N-dealkylation sites (N-methyl/N-ethyl adjacent to an activating group) is 1. The Balaban J connectivity index is 1.46. The predicted molar refractivity (Wildman–Crippen MR) is 117 cm³/mol. The van der Waals surface area contributed by atoms with E-state index in [1.54, 1.807) is 18.4 Å². The van der Waals surface area contributed by atoms with Gasteiger partial charge in [0, 0.05) is 51.3 Å². The van der Waals surface area contributed by atoms with E-state index in [2.05, 4.69) is 73.8 Å². The van der Waals surface area contributed by atoms with Crippen LogP contribution in [0.25, 0.3) is 0 Å². The molecule has 7 nitrogen and oxygen atoms in total. The van der Waals surface area contributed by atoms with E-state index in [1.165, 1.54) is 0 Å². The zero-order valence-corrected chi connectivity index (χ0v) is 18.1. The van der Waals surface area contributed by atoms with Crippen molar-refractivity contribution < 1.29 is 0 Å². The molecule has 152 valence electrons. The first-order valence-electron chi connectivity index (χ1n) is 9.82. The molecule has 2 N–H and O–H groups in total. The molecule has 8 heteroatoms. The highest BCUT2D eigenvalue weighted by Crippen LogP contribution is 2.17. The summed E-state index contributed by atoms with van der Waals surface area (Å²) in [6.07, 6.45) is 1.95. The van der Waals surface area contributed by atoms with Crippen LogP contribution in [0.15, 0.2) is 28.7 Å². The van der Waals surface area contributed by atoms with Gasteiger partial charge < -0.3 is 20.4 Å². The summed E-state index contributed by atoms with van der Waals surface area (Å²) < 4.78 is 0. The number of aliphatic imine (C=N–C) groups is 1. The van der Waals surface area contributed by atoms with E-state index in [1.807, 2.05) is 6.20 Å². The standard InChI is InChI=1S/C20H31N7S/c1-15(2)17-14-28-19(25-17)13-24-20(21-3)23-12-16-5-6-18(22-11-16)27-9-7-26(4)8-10-27/h5-6,11,14-15H,7-10,12-13H2,1-4H3,(H2,21,23,24). The maximum Gasteiger partial charge on any atom is 0.191 e. The first-order valence-corrected chi connectivity index (χ1v) is 10.7. The van der Waals surface area contributed by atoms with Crippen molar-refractivity contribution in [1.82, 2.24) is 25.5 Å². The van der Waals surface area contributed by atoms with Crippen LogP contribution in [0, 0.1) is 0 Å². The normalized spacial score (nSPS) is 15.9. The van der Waals surface area contributed by atoms with E-state index < -0.39 is 0 Å². The average Bonchev–Trinajstić information content (AvgIpc) is 3.19. The van der Waals surface area contributed by atoms with Crippen LogP contribution in [0.1, 0.15) is 36.0 Å². The number of pyridine rings is 1. The van der Waals surface area contributed by atoms with Crippen LogP contribution in [0.4, 0.5) is 5.82 Å². The van der Waals surface area contributed by atoms with Crippen LogP contribution < -0.4 is 15.5 Å². The van der Waals surface area contributed by atoms with Gasteiger partial charge in [-0.25, -0.2) is 9.97 Å². The SMILES string of the molecule is CN=C(NCc1ccc(N2CCN(C)CC2)nc1)NCc1nc(C(C)C)cs1. The zero-order valence-electron chi connectivity index (χ0n) is 17.3. The summed E-state index contributed by atoms with van der Waals surface area (Å²) in [5.74, 6) is 2.29. The van der Waals surface area contributed by atoms with Gasteiger partial charge in [-0.15, -0.1) is 11.3 Å². The molecule has 3 heterocycles. The molecule has 0 spiro atoms. The van der Waals surface area contributed by atoms with Gasteiger partial charge in [-0.3, -0.25) is 4.99 Å². The number of anilines is 1. The van der Waals surface area contributed by atoms with Crippen molar-refractivity contribution in [3.05, 3.63) is 40.0 Å². The summed E-state index contributed by atoms with van der Waals surface area (Å²) >= 11 is 1.69. The highest BCUT2D eigenvalue weighted by molar-refractivity contribution is 7.09. The second-order valence-electron chi connectivity index (χ2n) is 7.42. The van der Waals surface area contributed by atoms with Crippen molar-refractivity contribution in [2.24, 2.45) is 4.99 Å². The van der Waals surface area contributed by atoms with Gasteiger partial charge in [0.2, 0.25) is 0 Å². The van der Waals surface area contributed by atoms with Gasteiger partial charge in [0.05, 0.1) is 12.2 Å². The van der Waals surface area contributed by atoms with Crippen molar-refractivity contribution in [2.45, 2.75) is 32.9 Å². The van der Waals surface area contributed by atoms with Crippen molar-refractivity contribution in [3.63, 3.8) is 0 Å². The molecule has 2 aromatic heterocycles. The topological polar surface area (TPSA) is 68.7 Å². The third-order valence-corrected chi connectivity index (χ3v) is 5.76. The number of piperazine rings is 1. The molecule has 0 saturated carbocycles. The Hall–Kier alpha value is -2.19. The fourth-order valence-corrected chi connectivity index (χ4v) is 3.88. The lowest BCUT2D eigenvalue weighted by molar-refractivity contribution is 0.312. The molecule has 0 amide bonds. The van der Waals surface area contributed by atoms with E-state index in [4.69, 9.17) is 0 Å². The van der Waals surface area contributed by atoms with Crippen molar-refractivity contribution in [3.8, 4) is 0 Å². The molecule has 0 bridgehead atoms. The molecule has 1 aliphatic rings. The third kappa shape index (κ3) is 5.65. The largest absolute Gasteiger partial charge is 0.354 e.